The van der Waals surface area contributed by atoms with Gasteiger partial charge >= 0.3 is 6.09 Å². The molecule has 0 aliphatic heterocycles. The number of aromatic nitrogens is 2. The number of nitrogen functional groups attached to an aromatic ring is 2. The van der Waals surface area contributed by atoms with E-state index >= 15 is 0 Å². The molecule has 1 amide bonds. The maximum atomic E-state index is 11.7. The van der Waals surface area contributed by atoms with Crippen molar-refractivity contribution in [2.45, 2.75) is 45.6 Å². The summed E-state index contributed by atoms with van der Waals surface area (Å²) in [5.41, 5.74) is 12.6. The number of anilines is 2. The molecule has 2 aromatic rings. The standard InChI is InChI=1S/C22H33N5O5/c1-22(2,3)32-21(28)25-8-6-7-9-31-18-16(29-4)11-14(12-17(18)30-5)10-15-13-26-20(24)27-19(15)23/h11-13H,6-10H2,1-5H3,(H,25,28)(H4,23,24,26,27). The first-order valence-corrected chi connectivity index (χ1v) is 10.3. The van der Waals surface area contributed by atoms with Gasteiger partial charge in [-0.2, -0.15) is 4.98 Å². The molecule has 0 aliphatic rings. The van der Waals surface area contributed by atoms with E-state index in [1.165, 1.54) is 0 Å². The molecular formula is C22H33N5O5. The summed E-state index contributed by atoms with van der Waals surface area (Å²) in [4.78, 5) is 19.6. The Balaban J connectivity index is 1.94. The zero-order chi connectivity index (χ0) is 23.7. The Hall–Kier alpha value is -3.43. The number of nitrogens with zero attached hydrogens (tertiary/aromatic N) is 2. The number of hydrogen-bond acceptors (Lipinski definition) is 9. The van der Waals surface area contributed by atoms with Crippen molar-refractivity contribution < 1.29 is 23.7 Å². The smallest absolute Gasteiger partial charge is 0.407 e. The highest BCUT2D eigenvalue weighted by Crippen LogP contribution is 2.39. The molecule has 0 atom stereocenters. The second-order valence-electron chi connectivity index (χ2n) is 8.13. The average Bonchev–Trinajstić information content (AvgIpc) is 2.71. The molecule has 0 saturated heterocycles. The fourth-order valence-corrected chi connectivity index (χ4v) is 2.87. The highest BCUT2D eigenvalue weighted by molar-refractivity contribution is 5.67. The molecule has 1 aromatic carbocycles. The Morgan fingerprint density at radius 1 is 1.09 bits per heavy atom. The molecule has 10 nitrogen and oxygen atoms in total. The molecule has 0 bridgehead atoms. The fraction of sp³-hybridized carbons (Fsp3) is 0.500. The number of ether oxygens (including phenoxy) is 4. The van der Waals surface area contributed by atoms with E-state index in [-0.39, 0.29) is 5.95 Å². The zero-order valence-corrected chi connectivity index (χ0v) is 19.4. The second-order valence-corrected chi connectivity index (χ2v) is 8.13. The van der Waals surface area contributed by atoms with Crippen LogP contribution in [-0.4, -0.2) is 49.0 Å². The number of unbranched alkanes of at least 4 members (excludes halogenated alkanes) is 1. The predicted octanol–water partition coefficient (Wildman–Crippen LogP) is 2.93. The van der Waals surface area contributed by atoms with E-state index in [1.54, 1.807) is 20.4 Å². The Labute approximate surface area is 188 Å². The van der Waals surface area contributed by atoms with E-state index in [0.29, 0.717) is 42.6 Å². The fourth-order valence-electron chi connectivity index (χ4n) is 2.87. The minimum Gasteiger partial charge on any atom is -0.493 e. The van der Waals surface area contributed by atoms with Gasteiger partial charge in [0.1, 0.15) is 11.4 Å². The molecule has 176 valence electrons. The van der Waals surface area contributed by atoms with Gasteiger partial charge in [-0.1, -0.05) is 0 Å². The van der Waals surface area contributed by atoms with Crippen LogP contribution < -0.4 is 31.0 Å². The number of carbonyl (C=O) groups excluding carboxylic acids is 1. The Kier molecular flexibility index (Phi) is 8.74. The molecule has 0 unspecified atom stereocenters. The van der Waals surface area contributed by atoms with E-state index in [2.05, 4.69) is 15.3 Å². The van der Waals surface area contributed by atoms with Gasteiger partial charge in [0.25, 0.3) is 0 Å². The summed E-state index contributed by atoms with van der Waals surface area (Å²) < 4.78 is 22.1. The number of alkyl carbamates (subject to hydrolysis) is 1. The molecule has 1 heterocycles. The molecule has 10 heteroatoms. The lowest BCUT2D eigenvalue weighted by Gasteiger charge is -2.19. The van der Waals surface area contributed by atoms with Crippen molar-refractivity contribution >= 4 is 17.9 Å². The van der Waals surface area contributed by atoms with Crippen LogP contribution in [-0.2, 0) is 11.2 Å². The van der Waals surface area contributed by atoms with Crippen molar-refractivity contribution in [1.82, 2.24) is 15.3 Å². The third-order valence-corrected chi connectivity index (χ3v) is 4.32. The number of nitrogens with two attached hydrogens (primary N) is 2. The van der Waals surface area contributed by atoms with Gasteiger partial charge < -0.3 is 35.7 Å². The monoisotopic (exact) mass is 447 g/mol. The van der Waals surface area contributed by atoms with Gasteiger partial charge in [0.05, 0.1) is 20.8 Å². The number of nitrogens with one attached hydrogen (secondary N) is 1. The van der Waals surface area contributed by atoms with Crippen molar-refractivity contribution in [1.29, 1.82) is 0 Å². The van der Waals surface area contributed by atoms with Gasteiger partial charge in [-0.15, -0.1) is 0 Å². The summed E-state index contributed by atoms with van der Waals surface area (Å²) in [6.45, 7) is 6.40. The topological polar surface area (TPSA) is 144 Å². The molecule has 0 aliphatic carbocycles. The van der Waals surface area contributed by atoms with Crippen molar-refractivity contribution in [3.05, 3.63) is 29.5 Å². The number of benzene rings is 1. The van der Waals surface area contributed by atoms with Gasteiger partial charge in [0.2, 0.25) is 11.7 Å². The van der Waals surface area contributed by atoms with Crippen molar-refractivity contribution in [3.8, 4) is 17.2 Å². The van der Waals surface area contributed by atoms with Crippen LogP contribution in [0.3, 0.4) is 0 Å². The Morgan fingerprint density at radius 2 is 1.75 bits per heavy atom. The number of amides is 1. The van der Waals surface area contributed by atoms with E-state index in [9.17, 15) is 4.79 Å². The number of hydrogen-bond donors (Lipinski definition) is 3. The van der Waals surface area contributed by atoms with Crippen LogP contribution in [0.4, 0.5) is 16.6 Å². The van der Waals surface area contributed by atoms with Crippen LogP contribution >= 0.6 is 0 Å². The highest BCUT2D eigenvalue weighted by Gasteiger charge is 2.17. The lowest BCUT2D eigenvalue weighted by molar-refractivity contribution is 0.0526. The predicted molar refractivity (Wildman–Crippen MR) is 122 cm³/mol. The Bertz CT molecular complexity index is 889. The SMILES string of the molecule is COc1cc(Cc2cnc(N)nc2N)cc(OC)c1OCCCCNC(=O)OC(C)(C)C. The quantitative estimate of drug-likeness (QED) is 0.468. The number of carbonyl (C=O) groups is 1. The molecule has 0 saturated carbocycles. The van der Waals surface area contributed by atoms with E-state index in [4.69, 9.17) is 30.4 Å². The van der Waals surface area contributed by atoms with Gasteiger partial charge in [0.15, 0.2) is 11.5 Å². The summed E-state index contributed by atoms with van der Waals surface area (Å²) >= 11 is 0. The van der Waals surface area contributed by atoms with Crippen molar-refractivity contribution in [2.24, 2.45) is 0 Å². The van der Waals surface area contributed by atoms with E-state index in [1.807, 2.05) is 32.9 Å². The van der Waals surface area contributed by atoms with Gasteiger partial charge in [-0.25, -0.2) is 9.78 Å². The molecule has 1 aromatic heterocycles. The minimum absolute atomic E-state index is 0.131. The summed E-state index contributed by atoms with van der Waals surface area (Å²) in [6, 6.07) is 3.72. The molecule has 2 rings (SSSR count). The van der Waals surface area contributed by atoms with Crippen LogP contribution in [0.1, 0.15) is 44.7 Å². The lowest BCUT2D eigenvalue weighted by Crippen LogP contribution is -2.33. The van der Waals surface area contributed by atoms with Crippen LogP contribution in [0.15, 0.2) is 18.3 Å². The van der Waals surface area contributed by atoms with E-state index < -0.39 is 11.7 Å². The van der Waals surface area contributed by atoms with Crippen LogP contribution in [0.2, 0.25) is 0 Å². The first kappa shape index (κ1) is 24.8. The van der Waals surface area contributed by atoms with Gasteiger partial charge in [-0.3, -0.25) is 0 Å². The number of methoxy groups -OCH3 is 2. The Morgan fingerprint density at radius 3 is 2.31 bits per heavy atom. The second kappa shape index (κ2) is 11.3. The largest absolute Gasteiger partial charge is 0.493 e. The van der Waals surface area contributed by atoms with Crippen LogP contribution in [0.25, 0.3) is 0 Å². The number of rotatable bonds is 10. The third-order valence-electron chi connectivity index (χ3n) is 4.32. The molecule has 0 fully saturated rings. The minimum atomic E-state index is -0.515. The molecule has 5 N–H and O–H groups in total. The molecule has 32 heavy (non-hydrogen) atoms. The maximum Gasteiger partial charge on any atom is 0.407 e. The normalized spacial score (nSPS) is 11.0. The third kappa shape index (κ3) is 7.68. The van der Waals surface area contributed by atoms with Crippen molar-refractivity contribution in [3.63, 3.8) is 0 Å². The summed E-state index contributed by atoms with van der Waals surface area (Å²) in [5, 5.41) is 2.73. The summed E-state index contributed by atoms with van der Waals surface area (Å²) in [6.07, 6.45) is 3.12. The summed E-state index contributed by atoms with van der Waals surface area (Å²) in [7, 11) is 3.13. The van der Waals surface area contributed by atoms with Gasteiger partial charge in [-0.05, 0) is 51.3 Å². The van der Waals surface area contributed by atoms with E-state index in [0.717, 1.165) is 24.0 Å². The van der Waals surface area contributed by atoms with Crippen LogP contribution in [0.5, 0.6) is 17.2 Å². The summed E-state index contributed by atoms with van der Waals surface area (Å²) in [5.74, 6) is 2.06. The molecule has 0 spiro atoms. The first-order chi connectivity index (χ1) is 15.1. The van der Waals surface area contributed by atoms with Crippen LogP contribution in [0, 0.1) is 0 Å². The van der Waals surface area contributed by atoms with Gasteiger partial charge in [0, 0.05) is 24.7 Å². The zero-order valence-electron chi connectivity index (χ0n) is 19.4. The average molecular weight is 448 g/mol. The molecule has 0 radical (unpaired) electrons. The highest BCUT2D eigenvalue weighted by atomic mass is 16.6. The first-order valence-electron chi connectivity index (χ1n) is 10.3. The maximum absolute atomic E-state index is 11.7. The van der Waals surface area contributed by atoms with Crippen molar-refractivity contribution in [2.75, 3.05) is 38.8 Å². The lowest BCUT2D eigenvalue weighted by atomic mass is 10.1. The molecular weight excluding hydrogens is 414 g/mol.